The van der Waals surface area contributed by atoms with E-state index in [1.165, 1.54) is 12.1 Å². The topological polar surface area (TPSA) is 57.5 Å². The molecule has 0 aliphatic heterocycles. The van der Waals surface area contributed by atoms with Gasteiger partial charge in [-0.15, -0.1) is 0 Å². The van der Waals surface area contributed by atoms with Gasteiger partial charge in [0, 0.05) is 10.8 Å². The van der Waals surface area contributed by atoms with Crippen molar-refractivity contribution in [2.45, 2.75) is 0 Å². The van der Waals surface area contributed by atoms with Gasteiger partial charge in [0.15, 0.2) is 6.29 Å². The van der Waals surface area contributed by atoms with Crippen LogP contribution in [0, 0.1) is 0 Å². The maximum atomic E-state index is 10.5. The number of phenolic OH excluding ortho intramolecular Hbond substituents is 2. The summed E-state index contributed by atoms with van der Waals surface area (Å²) >= 11 is 0. The zero-order chi connectivity index (χ0) is 10.1. The number of phenols is 2. The molecule has 70 valence electrons. The predicted octanol–water partition coefficient (Wildman–Crippen LogP) is 2.06. The first-order valence-electron chi connectivity index (χ1n) is 4.13. The number of benzene rings is 2. The summed E-state index contributed by atoms with van der Waals surface area (Å²) in [5.41, 5.74) is 0.225. The number of hydrogen-bond donors (Lipinski definition) is 2. The molecule has 3 heteroatoms. The van der Waals surface area contributed by atoms with Gasteiger partial charge >= 0.3 is 0 Å². The summed E-state index contributed by atoms with van der Waals surface area (Å²) in [6, 6.07) is 7.88. The summed E-state index contributed by atoms with van der Waals surface area (Å²) in [6.07, 6.45) is 0.582. The Balaban J connectivity index is 2.90. The van der Waals surface area contributed by atoms with Crippen molar-refractivity contribution in [1.82, 2.24) is 0 Å². The highest BCUT2D eigenvalue weighted by atomic mass is 16.3. The fraction of sp³-hybridized carbons (Fsp3) is 0. The Labute approximate surface area is 80.2 Å². The molecule has 0 aromatic heterocycles. The SMILES string of the molecule is O=Cc1ccc2c(O)cccc2c1O. The number of fused-ring (bicyclic) bond motifs is 1. The van der Waals surface area contributed by atoms with E-state index in [9.17, 15) is 15.0 Å². The lowest BCUT2D eigenvalue weighted by atomic mass is 10.1. The molecule has 2 aromatic carbocycles. The quantitative estimate of drug-likeness (QED) is 0.673. The minimum atomic E-state index is -0.0894. The molecule has 0 spiro atoms. The zero-order valence-corrected chi connectivity index (χ0v) is 7.27. The lowest BCUT2D eigenvalue weighted by Crippen LogP contribution is -1.83. The van der Waals surface area contributed by atoms with Gasteiger partial charge < -0.3 is 10.2 Å². The fourth-order valence-electron chi connectivity index (χ4n) is 1.44. The van der Waals surface area contributed by atoms with Crippen molar-refractivity contribution in [1.29, 1.82) is 0 Å². The Bertz CT molecular complexity index is 503. The number of carbonyl (C=O) groups excluding carboxylic acids is 1. The first-order valence-corrected chi connectivity index (χ1v) is 4.13. The summed E-state index contributed by atoms with van der Waals surface area (Å²) < 4.78 is 0. The van der Waals surface area contributed by atoms with E-state index in [1.54, 1.807) is 18.2 Å². The van der Waals surface area contributed by atoms with E-state index >= 15 is 0 Å². The van der Waals surface area contributed by atoms with Crippen molar-refractivity contribution in [2.24, 2.45) is 0 Å². The summed E-state index contributed by atoms with van der Waals surface area (Å²) in [7, 11) is 0. The molecule has 3 nitrogen and oxygen atoms in total. The Morgan fingerprint density at radius 1 is 1.00 bits per heavy atom. The van der Waals surface area contributed by atoms with Crippen molar-refractivity contribution < 1.29 is 15.0 Å². The lowest BCUT2D eigenvalue weighted by molar-refractivity contribution is 0.112. The summed E-state index contributed by atoms with van der Waals surface area (Å²) in [6.45, 7) is 0. The second-order valence-corrected chi connectivity index (χ2v) is 2.99. The van der Waals surface area contributed by atoms with Crippen LogP contribution in [0.2, 0.25) is 0 Å². The van der Waals surface area contributed by atoms with Gasteiger partial charge in [-0.2, -0.15) is 0 Å². The van der Waals surface area contributed by atoms with E-state index in [4.69, 9.17) is 0 Å². The fourth-order valence-corrected chi connectivity index (χ4v) is 1.44. The molecule has 0 atom stereocenters. The van der Waals surface area contributed by atoms with Crippen molar-refractivity contribution in [2.75, 3.05) is 0 Å². The maximum absolute atomic E-state index is 10.5. The van der Waals surface area contributed by atoms with Crippen LogP contribution < -0.4 is 0 Å². The molecular formula is C11H8O3. The number of aromatic hydroxyl groups is 2. The first kappa shape index (κ1) is 8.56. The lowest BCUT2D eigenvalue weighted by Gasteiger charge is -2.04. The smallest absolute Gasteiger partial charge is 0.153 e. The second-order valence-electron chi connectivity index (χ2n) is 2.99. The summed E-state index contributed by atoms with van der Waals surface area (Å²) in [4.78, 5) is 10.5. The molecular weight excluding hydrogens is 180 g/mol. The highest BCUT2D eigenvalue weighted by Crippen LogP contribution is 2.32. The van der Waals surface area contributed by atoms with E-state index in [2.05, 4.69) is 0 Å². The Hall–Kier alpha value is -2.03. The number of rotatable bonds is 1. The molecule has 0 heterocycles. The Kier molecular flexibility index (Phi) is 1.85. The summed E-state index contributed by atoms with van der Waals surface area (Å²) in [5, 5.41) is 20.1. The third-order valence-electron chi connectivity index (χ3n) is 2.17. The molecule has 2 aromatic rings. The molecule has 0 radical (unpaired) electrons. The monoisotopic (exact) mass is 188 g/mol. The molecule has 2 N–H and O–H groups in total. The molecule has 0 aliphatic rings. The van der Waals surface area contributed by atoms with Crippen molar-refractivity contribution in [3.05, 3.63) is 35.9 Å². The van der Waals surface area contributed by atoms with Gasteiger partial charge in [-0.1, -0.05) is 12.1 Å². The number of aldehydes is 1. The predicted molar refractivity (Wildman–Crippen MR) is 52.7 cm³/mol. The average molecular weight is 188 g/mol. The van der Waals surface area contributed by atoms with Crippen LogP contribution in [0.3, 0.4) is 0 Å². The molecule has 0 bridgehead atoms. The van der Waals surface area contributed by atoms with E-state index in [-0.39, 0.29) is 17.1 Å². The van der Waals surface area contributed by atoms with Gasteiger partial charge in [-0.25, -0.2) is 0 Å². The molecule has 2 rings (SSSR count). The molecule has 0 saturated carbocycles. The average Bonchev–Trinajstić information content (AvgIpc) is 2.20. The molecule has 14 heavy (non-hydrogen) atoms. The Morgan fingerprint density at radius 2 is 1.79 bits per heavy atom. The summed E-state index contributed by atoms with van der Waals surface area (Å²) in [5.74, 6) is 0.00338. The van der Waals surface area contributed by atoms with Crippen LogP contribution in [-0.4, -0.2) is 16.5 Å². The van der Waals surface area contributed by atoms with Crippen LogP contribution in [0.4, 0.5) is 0 Å². The van der Waals surface area contributed by atoms with Gasteiger partial charge in [0.1, 0.15) is 11.5 Å². The van der Waals surface area contributed by atoms with Gasteiger partial charge in [-0.05, 0) is 18.2 Å². The normalized spacial score (nSPS) is 10.3. The third kappa shape index (κ3) is 1.10. The van der Waals surface area contributed by atoms with Crippen LogP contribution in [0.25, 0.3) is 10.8 Å². The van der Waals surface area contributed by atoms with Gasteiger partial charge in [0.25, 0.3) is 0 Å². The first-order chi connectivity index (χ1) is 6.74. The van der Waals surface area contributed by atoms with Crippen LogP contribution in [0.5, 0.6) is 11.5 Å². The minimum absolute atomic E-state index is 0.0894. The molecule has 0 unspecified atom stereocenters. The van der Waals surface area contributed by atoms with Gasteiger partial charge in [0.05, 0.1) is 5.56 Å². The second kappa shape index (κ2) is 3.03. The highest BCUT2D eigenvalue weighted by molar-refractivity contribution is 5.98. The van der Waals surface area contributed by atoms with E-state index in [1.807, 2.05) is 0 Å². The van der Waals surface area contributed by atoms with Crippen molar-refractivity contribution in [3.63, 3.8) is 0 Å². The molecule has 0 amide bonds. The van der Waals surface area contributed by atoms with E-state index in [0.29, 0.717) is 17.1 Å². The van der Waals surface area contributed by atoms with Gasteiger partial charge in [0.2, 0.25) is 0 Å². The maximum Gasteiger partial charge on any atom is 0.153 e. The largest absolute Gasteiger partial charge is 0.507 e. The molecule has 0 aliphatic carbocycles. The third-order valence-corrected chi connectivity index (χ3v) is 2.17. The standard InChI is InChI=1S/C11H8O3/c12-6-7-4-5-8-9(11(7)14)2-1-3-10(8)13/h1-6,13-14H. The Morgan fingerprint density at radius 3 is 2.50 bits per heavy atom. The zero-order valence-electron chi connectivity index (χ0n) is 7.27. The van der Waals surface area contributed by atoms with Crippen molar-refractivity contribution in [3.8, 4) is 11.5 Å². The van der Waals surface area contributed by atoms with E-state index < -0.39 is 0 Å². The van der Waals surface area contributed by atoms with Crippen LogP contribution in [0.15, 0.2) is 30.3 Å². The van der Waals surface area contributed by atoms with E-state index in [0.717, 1.165) is 0 Å². The number of hydrogen-bond acceptors (Lipinski definition) is 3. The molecule has 0 fully saturated rings. The van der Waals surface area contributed by atoms with Crippen LogP contribution in [0.1, 0.15) is 10.4 Å². The van der Waals surface area contributed by atoms with Crippen molar-refractivity contribution >= 4 is 17.1 Å². The highest BCUT2D eigenvalue weighted by Gasteiger charge is 2.07. The van der Waals surface area contributed by atoms with Crippen LogP contribution >= 0.6 is 0 Å². The molecule has 0 saturated heterocycles. The number of carbonyl (C=O) groups is 1. The minimum Gasteiger partial charge on any atom is -0.507 e. The van der Waals surface area contributed by atoms with Crippen LogP contribution in [-0.2, 0) is 0 Å². The van der Waals surface area contributed by atoms with Gasteiger partial charge in [-0.3, -0.25) is 4.79 Å².